The minimum atomic E-state index is -3.57. The lowest BCUT2D eigenvalue weighted by atomic mass is 10.2. The predicted octanol–water partition coefficient (Wildman–Crippen LogP) is 1.55. The van der Waals surface area contributed by atoms with E-state index in [0.29, 0.717) is 37.7 Å². The highest BCUT2D eigenvalue weighted by Crippen LogP contribution is 2.19. The Hall–Kier alpha value is -2.69. The summed E-state index contributed by atoms with van der Waals surface area (Å²) in [6.45, 7) is 1.71. The van der Waals surface area contributed by atoms with Gasteiger partial charge in [-0.25, -0.2) is 12.8 Å². The monoisotopic (exact) mass is 403 g/mol. The molecule has 3 aromatic rings. The molecular weight excluding hydrogens is 385 g/mol. The van der Waals surface area contributed by atoms with E-state index in [1.165, 1.54) is 21.2 Å². The third-order valence-electron chi connectivity index (χ3n) is 4.37. The molecule has 28 heavy (non-hydrogen) atoms. The number of hydrogen-bond donors (Lipinski definition) is 0. The molecular formula is C18H18FN5O3S. The number of halogens is 1. The summed E-state index contributed by atoms with van der Waals surface area (Å²) < 4.78 is 45.6. The molecule has 146 valence electrons. The number of benzene rings is 2. The topological polar surface area (TPSA) is 90.2 Å². The maximum Gasteiger partial charge on any atom is 0.243 e. The highest BCUT2D eigenvalue weighted by atomic mass is 32.2. The summed E-state index contributed by atoms with van der Waals surface area (Å²) in [5.41, 5.74) is 1.24. The average molecular weight is 403 g/mol. The van der Waals surface area contributed by atoms with Crippen molar-refractivity contribution >= 4 is 10.0 Å². The quantitative estimate of drug-likeness (QED) is 0.642. The summed E-state index contributed by atoms with van der Waals surface area (Å²) in [6, 6.07) is 12.6. The van der Waals surface area contributed by atoms with Gasteiger partial charge in [-0.1, -0.05) is 24.3 Å². The van der Waals surface area contributed by atoms with Gasteiger partial charge in [0.2, 0.25) is 15.8 Å². The van der Waals surface area contributed by atoms with Gasteiger partial charge >= 0.3 is 0 Å². The van der Waals surface area contributed by atoms with Crippen LogP contribution >= 0.6 is 0 Å². The van der Waals surface area contributed by atoms with Crippen molar-refractivity contribution in [2.75, 3.05) is 26.3 Å². The standard InChI is InChI=1S/C18H18FN5O3S/c19-16-5-2-4-15(12-16)18-20-22-24(21-18)13-14-3-1-6-17(11-14)28(25,26)23-7-9-27-10-8-23/h1-6,11-12H,7-10,13H2. The molecule has 1 aromatic heterocycles. The first kappa shape index (κ1) is 18.7. The first-order valence-electron chi connectivity index (χ1n) is 8.73. The van der Waals surface area contributed by atoms with Gasteiger partial charge < -0.3 is 4.74 Å². The normalized spacial score (nSPS) is 15.6. The van der Waals surface area contributed by atoms with Gasteiger partial charge in [0.25, 0.3) is 0 Å². The van der Waals surface area contributed by atoms with Crippen molar-refractivity contribution in [3.8, 4) is 11.4 Å². The van der Waals surface area contributed by atoms with Crippen molar-refractivity contribution < 1.29 is 17.5 Å². The van der Waals surface area contributed by atoms with E-state index in [2.05, 4.69) is 15.4 Å². The fourth-order valence-electron chi connectivity index (χ4n) is 2.96. The van der Waals surface area contributed by atoms with Gasteiger partial charge in [-0.05, 0) is 35.0 Å². The molecule has 1 aliphatic rings. The number of morpholine rings is 1. The van der Waals surface area contributed by atoms with Crippen LogP contribution in [0.25, 0.3) is 11.4 Å². The zero-order chi connectivity index (χ0) is 19.6. The van der Waals surface area contributed by atoms with Crippen LogP contribution in [0.2, 0.25) is 0 Å². The Morgan fingerprint density at radius 1 is 1.07 bits per heavy atom. The summed E-state index contributed by atoms with van der Waals surface area (Å²) in [7, 11) is -3.57. The maximum absolute atomic E-state index is 13.4. The van der Waals surface area contributed by atoms with E-state index in [9.17, 15) is 12.8 Å². The van der Waals surface area contributed by atoms with Gasteiger partial charge in [0, 0.05) is 18.7 Å². The van der Waals surface area contributed by atoms with Gasteiger partial charge in [0.15, 0.2) is 0 Å². The third kappa shape index (κ3) is 3.93. The molecule has 2 aromatic carbocycles. The van der Waals surface area contributed by atoms with E-state index in [1.807, 2.05) is 0 Å². The van der Waals surface area contributed by atoms with Crippen molar-refractivity contribution in [1.29, 1.82) is 0 Å². The van der Waals surface area contributed by atoms with Gasteiger partial charge in [0.05, 0.1) is 24.7 Å². The maximum atomic E-state index is 13.4. The second-order valence-electron chi connectivity index (χ2n) is 6.32. The van der Waals surface area contributed by atoms with Crippen molar-refractivity contribution in [2.24, 2.45) is 0 Å². The third-order valence-corrected chi connectivity index (χ3v) is 6.26. The number of tetrazole rings is 1. The van der Waals surface area contributed by atoms with Crippen LogP contribution in [0, 0.1) is 5.82 Å². The van der Waals surface area contributed by atoms with E-state index in [4.69, 9.17) is 4.74 Å². The van der Waals surface area contributed by atoms with Crippen LogP contribution in [0.4, 0.5) is 4.39 Å². The number of nitrogens with zero attached hydrogens (tertiary/aromatic N) is 5. The SMILES string of the molecule is O=S(=O)(c1cccc(Cn2nnc(-c3cccc(F)c3)n2)c1)N1CCOCC1. The Labute approximate surface area is 161 Å². The molecule has 0 spiro atoms. The summed E-state index contributed by atoms with van der Waals surface area (Å²) in [5.74, 6) is -0.0773. The van der Waals surface area contributed by atoms with Crippen LogP contribution in [-0.4, -0.2) is 59.2 Å². The lowest BCUT2D eigenvalue weighted by Crippen LogP contribution is -2.40. The number of rotatable bonds is 5. The molecule has 0 unspecified atom stereocenters. The second-order valence-corrected chi connectivity index (χ2v) is 8.26. The Morgan fingerprint density at radius 2 is 1.86 bits per heavy atom. The summed E-state index contributed by atoms with van der Waals surface area (Å²) in [4.78, 5) is 1.57. The molecule has 10 heteroatoms. The fourth-order valence-corrected chi connectivity index (χ4v) is 4.44. The van der Waals surface area contributed by atoms with E-state index in [0.717, 1.165) is 5.56 Å². The van der Waals surface area contributed by atoms with Gasteiger partial charge in [0.1, 0.15) is 5.82 Å². The number of hydrogen-bond acceptors (Lipinski definition) is 6. The lowest BCUT2D eigenvalue weighted by Gasteiger charge is -2.26. The number of sulfonamides is 1. The summed E-state index contributed by atoms with van der Waals surface area (Å²) in [6.07, 6.45) is 0. The Morgan fingerprint density at radius 3 is 2.64 bits per heavy atom. The molecule has 0 saturated carbocycles. The molecule has 4 rings (SSSR count). The minimum Gasteiger partial charge on any atom is -0.379 e. The average Bonchev–Trinajstić information content (AvgIpc) is 3.17. The first-order chi connectivity index (χ1) is 13.5. The van der Waals surface area contributed by atoms with Crippen LogP contribution in [0.15, 0.2) is 53.4 Å². The molecule has 0 aliphatic carbocycles. The highest BCUT2D eigenvalue weighted by Gasteiger charge is 2.26. The lowest BCUT2D eigenvalue weighted by molar-refractivity contribution is 0.0730. The van der Waals surface area contributed by atoms with E-state index in [-0.39, 0.29) is 17.3 Å². The second kappa shape index (κ2) is 7.74. The molecule has 0 amide bonds. The summed E-state index contributed by atoms with van der Waals surface area (Å²) >= 11 is 0. The molecule has 0 bridgehead atoms. The minimum absolute atomic E-state index is 0.220. The zero-order valence-electron chi connectivity index (χ0n) is 14.9. The Kier molecular flexibility index (Phi) is 5.16. The van der Waals surface area contributed by atoms with Crippen LogP contribution in [-0.2, 0) is 21.3 Å². The molecule has 1 fully saturated rings. The van der Waals surface area contributed by atoms with Crippen molar-refractivity contribution in [1.82, 2.24) is 24.5 Å². The van der Waals surface area contributed by atoms with Gasteiger partial charge in [-0.15, -0.1) is 10.2 Å². The van der Waals surface area contributed by atoms with E-state index in [1.54, 1.807) is 36.4 Å². The largest absolute Gasteiger partial charge is 0.379 e. The molecule has 0 atom stereocenters. The van der Waals surface area contributed by atoms with Gasteiger partial charge in [-0.2, -0.15) is 9.10 Å². The van der Waals surface area contributed by atoms with Crippen molar-refractivity contribution in [3.63, 3.8) is 0 Å². The first-order valence-corrected chi connectivity index (χ1v) is 10.2. The van der Waals surface area contributed by atoms with E-state index >= 15 is 0 Å². The molecule has 1 saturated heterocycles. The van der Waals surface area contributed by atoms with Crippen LogP contribution in [0.5, 0.6) is 0 Å². The van der Waals surface area contributed by atoms with Gasteiger partial charge in [-0.3, -0.25) is 0 Å². The molecule has 0 radical (unpaired) electrons. The van der Waals surface area contributed by atoms with Crippen LogP contribution < -0.4 is 0 Å². The zero-order valence-corrected chi connectivity index (χ0v) is 15.7. The van der Waals surface area contributed by atoms with Crippen molar-refractivity contribution in [2.45, 2.75) is 11.4 Å². The molecule has 1 aliphatic heterocycles. The van der Waals surface area contributed by atoms with Crippen molar-refractivity contribution in [3.05, 3.63) is 59.9 Å². The smallest absolute Gasteiger partial charge is 0.243 e. The molecule has 2 heterocycles. The highest BCUT2D eigenvalue weighted by molar-refractivity contribution is 7.89. The summed E-state index contributed by atoms with van der Waals surface area (Å²) in [5, 5.41) is 12.2. The number of aromatic nitrogens is 4. The fraction of sp³-hybridized carbons (Fsp3) is 0.278. The Bertz CT molecular complexity index is 1080. The number of ether oxygens (including phenoxy) is 1. The Balaban J connectivity index is 1.54. The molecule has 0 N–H and O–H groups in total. The predicted molar refractivity (Wildman–Crippen MR) is 98.3 cm³/mol. The van der Waals surface area contributed by atoms with Crippen LogP contribution in [0.1, 0.15) is 5.56 Å². The van der Waals surface area contributed by atoms with Crippen LogP contribution in [0.3, 0.4) is 0 Å². The van der Waals surface area contributed by atoms with E-state index < -0.39 is 10.0 Å². The molecule has 8 nitrogen and oxygen atoms in total.